The summed E-state index contributed by atoms with van der Waals surface area (Å²) >= 11 is 0. The fourth-order valence-electron chi connectivity index (χ4n) is 3.78. The zero-order valence-corrected chi connectivity index (χ0v) is 17.0. The second kappa shape index (κ2) is 10.5. The van der Waals surface area contributed by atoms with E-state index in [1.807, 2.05) is 91.0 Å². The van der Waals surface area contributed by atoms with E-state index in [1.165, 1.54) is 0 Å². The summed E-state index contributed by atoms with van der Waals surface area (Å²) in [5.41, 5.74) is 3.10. The molecule has 1 N–H and O–H groups in total. The van der Waals surface area contributed by atoms with Crippen LogP contribution in [0.4, 0.5) is 0 Å². The number of hydrogen-bond donors (Lipinski definition) is 1. The van der Waals surface area contributed by atoms with Crippen molar-refractivity contribution < 1.29 is 19.3 Å². The summed E-state index contributed by atoms with van der Waals surface area (Å²) in [6.07, 6.45) is -0.737. The Morgan fingerprint density at radius 3 is 2.00 bits per heavy atom. The minimum atomic E-state index is -0.687. The molecule has 4 heteroatoms. The Morgan fingerprint density at radius 1 is 0.800 bits per heavy atom. The second-order valence-electron chi connectivity index (χ2n) is 7.64. The van der Waals surface area contributed by atoms with E-state index in [4.69, 9.17) is 14.2 Å². The first-order valence-electron chi connectivity index (χ1n) is 10.5. The van der Waals surface area contributed by atoms with Crippen LogP contribution in [0.5, 0.6) is 0 Å². The second-order valence-corrected chi connectivity index (χ2v) is 7.64. The summed E-state index contributed by atoms with van der Waals surface area (Å²) in [6, 6.07) is 29.8. The van der Waals surface area contributed by atoms with Gasteiger partial charge in [-0.05, 0) is 16.7 Å². The van der Waals surface area contributed by atoms with Crippen molar-refractivity contribution in [3.05, 3.63) is 108 Å². The molecule has 4 atom stereocenters. The van der Waals surface area contributed by atoms with Crippen LogP contribution in [0.1, 0.15) is 29.2 Å². The average molecular weight is 405 g/mol. The van der Waals surface area contributed by atoms with Gasteiger partial charge in [0.2, 0.25) is 0 Å². The molecular formula is C26H28O4. The van der Waals surface area contributed by atoms with Gasteiger partial charge in [0.1, 0.15) is 12.2 Å². The molecule has 0 bridgehead atoms. The lowest BCUT2D eigenvalue weighted by atomic mass is 10.0. The van der Waals surface area contributed by atoms with Crippen molar-refractivity contribution >= 4 is 0 Å². The van der Waals surface area contributed by atoms with Gasteiger partial charge in [0, 0.05) is 6.42 Å². The van der Waals surface area contributed by atoms with Crippen molar-refractivity contribution in [2.45, 2.75) is 44.1 Å². The van der Waals surface area contributed by atoms with Crippen LogP contribution in [-0.4, -0.2) is 30.0 Å². The van der Waals surface area contributed by atoms with Gasteiger partial charge in [0.25, 0.3) is 0 Å². The molecule has 1 unspecified atom stereocenters. The Labute approximate surface area is 178 Å². The predicted octanol–water partition coefficient (Wildman–Crippen LogP) is 4.68. The molecule has 1 fully saturated rings. The Morgan fingerprint density at radius 2 is 1.37 bits per heavy atom. The Bertz CT molecular complexity index is 869. The minimum Gasteiger partial charge on any atom is -0.386 e. The maximum Gasteiger partial charge on any atom is 0.108 e. The average Bonchev–Trinajstić information content (AvgIpc) is 3.22. The fourth-order valence-corrected chi connectivity index (χ4v) is 3.78. The zero-order valence-electron chi connectivity index (χ0n) is 17.0. The Balaban J connectivity index is 1.38. The number of aliphatic hydroxyl groups excluding tert-OH is 1. The van der Waals surface area contributed by atoms with E-state index in [2.05, 4.69) is 0 Å². The molecule has 0 aromatic heterocycles. The summed E-state index contributed by atoms with van der Waals surface area (Å²) in [6.45, 7) is 1.46. The number of ether oxygens (including phenoxy) is 3. The first kappa shape index (κ1) is 20.8. The lowest BCUT2D eigenvalue weighted by molar-refractivity contribution is -0.0902. The van der Waals surface area contributed by atoms with Gasteiger partial charge < -0.3 is 19.3 Å². The van der Waals surface area contributed by atoms with Gasteiger partial charge in [-0.15, -0.1) is 0 Å². The molecule has 0 aliphatic carbocycles. The molecule has 1 aliphatic rings. The van der Waals surface area contributed by atoms with E-state index >= 15 is 0 Å². The van der Waals surface area contributed by atoms with Crippen molar-refractivity contribution in [1.29, 1.82) is 0 Å². The highest BCUT2D eigenvalue weighted by molar-refractivity contribution is 5.19. The van der Waals surface area contributed by atoms with Crippen LogP contribution in [0.3, 0.4) is 0 Å². The Hall–Kier alpha value is -2.50. The summed E-state index contributed by atoms with van der Waals surface area (Å²) in [5, 5.41) is 10.8. The normalized spacial score (nSPS) is 22.1. The molecule has 1 heterocycles. The van der Waals surface area contributed by atoms with E-state index in [-0.39, 0.29) is 18.3 Å². The van der Waals surface area contributed by atoms with Crippen molar-refractivity contribution in [2.75, 3.05) is 6.61 Å². The smallest absolute Gasteiger partial charge is 0.108 e. The van der Waals surface area contributed by atoms with E-state index in [1.54, 1.807) is 0 Å². The highest BCUT2D eigenvalue weighted by Crippen LogP contribution is 2.33. The summed E-state index contributed by atoms with van der Waals surface area (Å²) in [7, 11) is 0. The Kier molecular flexibility index (Phi) is 7.27. The number of benzene rings is 3. The van der Waals surface area contributed by atoms with Gasteiger partial charge >= 0.3 is 0 Å². The molecule has 0 saturated carbocycles. The fraction of sp³-hybridized carbons (Fsp3) is 0.308. The van der Waals surface area contributed by atoms with Crippen molar-refractivity contribution in [3.8, 4) is 0 Å². The first-order valence-corrected chi connectivity index (χ1v) is 10.5. The standard InChI is InChI=1S/C26H28O4/c27-26(22-14-8-3-9-15-22)24-16-23(29-18-21-12-6-2-7-13-21)25(30-24)19-28-17-20-10-4-1-5-11-20/h1-15,23-27H,16-19H2/t23-,24-,25+,26?/m0/s1. The lowest BCUT2D eigenvalue weighted by Crippen LogP contribution is -2.29. The number of aliphatic hydroxyl groups is 1. The molecule has 3 aromatic carbocycles. The summed E-state index contributed by atoms with van der Waals surface area (Å²) < 4.78 is 18.4. The van der Waals surface area contributed by atoms with Gasteiger partial charge in [-0.3, -0.25) is 0 Å². The molecule has 0 radical (unpaired) electrons. The summed E-state index contributed by atoms with van der Waals surface area (Å²) in [5.74, 6) is 0. The van der Waals surface area contributed by atoms with Crippen molar-refractivity contribution in [3.63, 3.8) is 0 Å². The van der Waals surface area contributed by atoms with Crippen LogP contribution in [0.2, 0.25) is 0 Å². The molecule has 1 saturated heterocycles. The molecule has 0 spiro atoms. The maximum atomic E-state index is 10.8. The van der Waals surface area contributed by atoms with Crippen LogP contribution >= 0.6 is 0 Å². The number of rotatable bonds is 9. The zero-order chi connectivity index (χ0) is 20.6. The molecule has 156 valence electrons. The molecule has 30 heavy (non-hydrogen) atoms. The monoisotopic (exact) mass is 404 g/mol. The molecule has 3 aromatic rings. The van der Waals surface area contributed by atoms with Crippen LogP contribution in [0, 0.1) is 0 Å². The van der Waals surface area contributed by atoms with E-state index in [0.29, 0.717) is 26.2 Å². The highest BCUT2D eigenvalue weighted by Gasteiger charge is 2.40. The van der Waals surface area contributed by atoms with E-state index in [9.17, 15) is 5.11 Å². The van der Waals surface area contributed by atoms with Crippen molar-refractivity contribution in [1.82, 2.24) is 0 Å². The van der Waals surface area contributed by atoms with Gasteiger partial charge in [0.05, 0.1) is 32.0 Å². The van der Waals surface area contributed by atoms with Gasteiger partial charge in [-0.1, -0.05) is 91.0 Å². The third-order valence-corrected chi connectivity index (χ3v) is 5.42. The molecule has 1 aliphatic heterocycles. The largest absolute Gasteiger partial charge is 0.386 e. The topological polar surface area (TPSA) is 47.9 Å². The van der Waals surface area contributed by atoms with Crippen LogP contribution in [0.25, 0.3) is 0 Å². The van der Waals surface area contributed by atoms with Crippen LogP contribution < -0.4 is 0 Å². The van der Waals surface area contributed by atoms with E-state index < -0.39 is 6.10 Å². The van der Waals surface area contributed by atoms with Crippen LogP contribution in [-0.2, 0) is 27.4 Å². The maximum absolute atomic E-state index is 10.8. The molecule has 4 nitrogen and oxygen atoms in total. The first-order chi connectivity index (χ1) is 14.8. The van der Waals surface area contributed by atoms with Gasteiger partial charge in [0.15, 0.2) is 0 Å². The van der Waals surface area contributed by atoms with Crippen LogP contribution in [0.15, 0.2) is 91.0 Å². The van der Waals surface area contributed by atoms with Crippen molar-refractivity contribution in [2.24, 2.45) is 0 Å². The number of hydrogen-bond acceptors (Lipinski definition) is 4. The van der Waals surface area contributed by atoms with Gasteiger partial charge in [-0.2, -0.15) is 0 Å². The quantitative estimate of drug-likeness (QED) is 0.563. The predicted molar refractivity (Wildman–Crippen MR) is 116 cm³/mol. The highest BCUT2D eigenvalue weighted by atomic mass is 16.6. The lowest BCUT2D eigenvalue weighted by Gasteiger charge is -2.20. The molecular weight excluding hydrogens is 376 g/mol. The molecule has 4 rings (SSSR count). The third kappa shape index (κ3) is 5.55. The SMILES string of the molecule is OC(c1ccccc1)[C@@H]1C[C@H](OCc2ccccc2)[C@@H](COCc2ccccc2)O1. The third-order valence-electron chi connectivity index (χ3n) is 5.42. The van der Waals surface area contributed by atoms with Gasteiger partial charge in [-0.25, -0.2) is 0 Å². The minimum absolute atomic E-state index is 0.135. The van der Waals surface area contributed by atoms with E-state index in [0.717, 1.165) is 16.7 Å². The summed E-state index contributed by atoms with van der Waals surface area (Å²) in [4.78, 5) is 0. The molecule has 0 amide bonds.